The van der Waals surface area contributed by atoms with Gasteiger partial charge >= 0.3 is 0 Å². The number of hydrogen-bond donors (Lipinski definition) is 2. The van der Waals surface area contributed by atoms with E-state index < -0.39 is 0 Å². The Morgan fingerprint density at radius 3 is 2.64 bits per heavy atom. The Labute approximate surface area is 146 Å². The van der Waals surface area contributed by atoms with E-state index in [1.165, 1.54) is 6.07 Å². The van der Waals surface area contributed by atoms with Crippen molar-refractivity contribution < 1.29 is 4.39 Å². The van der Waals surface area contributed by atoms with E-state index >= 15 is 0 Å². The number of nitrogens with zero attached hydrogens (tertiary/aromatic N) is 4. The minimum atomic E-state index is -0.198. The summed E-state index contributed by atoms with van der Waals surface area (Å²) < 4.78 is 15.3. The number of halogens is 2. The van der Waals surface area contributed by atoms with E-state index in [0.29, 0.717) is 24.6 Å². The molecule has 0 atom stereocenters. The number of aryl methyl sites for hydroxylation is 2. The summed E-state index contributed by atoms with van der Waals surface area (Å²) >= 11 is 0. The van der Waals surface area contributed by atoms with Gasteiger partial charge in [-0.25, -0.2) is 4.39 Å². The van der Waals surface area contributed by atoms with Gasteiger partial charge in [-0.3, -0.25) is 4.99 Å². The first-order chi connectivity index (χ1) is 10.1. The highest BCUT2D eigenvalue weighted by Crippen LogP contribution is 2.08. The molecule has 2 rings (SSSR count). The lowest BCUT2D eigenvalue weighted by molar-refractivity contribution is 0.615. The number of aromatic nitrogens is 3. The summed E-state index contributed by atoms with van der Waals surface area (Å²) in [4.78, 5) is 4.12. The van der Waals surface area contributed by atoms with Crippen LogP contribution >= 0.6 is 24.0 Å². The lowest BCUT2D eigenvalue weighted by atomic mass is 10.1. The zero-order valence-corrected chi connectivity index (χ0v) is 15.1. The van der Waals surface area contributed by atoms with Crippen LogP contribution in [0, 0.1) is 12.7 Å². The van der Waals surface area contributed by atoms with E-state index in [0.717, 1.165) is 11.4 Å². The first-order valence-corrected chi connectivity index (χ1v) is 6.62. The Bertz CT molecular complexity index is 640. The van der Waals surface area contributed by atoms with Crippen LogP contribution in [0.1, 0.15) is 17.0 Å². The number of hydrogen-bond acceptors (Lipinski definition) is 3. The van der Waals surface area contributed by atoms with Crippen molar-refractivity contribution in [3.8, 4) is 0 Å². The second kappa shape index (κ2) is 8.66. The van der Waals surface area contributed by atoms with E-state index in [1.54, 1.807) is 26.4 Å². The number of nitrogens with one attached hydrogen (secondary N) is 2. The molecule has 0 aliphatic carbocycles. The molecule has 0 aliphatic rings. The summed E-state index contributed by atoms with van der Waals surface area (Å²) in [5.74, 6) is 1.23. The highest BCUT2D eigenvalue weighted by Gasteiger charge is 2.04. The summed E-state index contributed by atoms with van der Waals surface area (Å²) in [7, 11) is 3.56. The molecule has 0 radical (unpaired) electrons. The summed E-state index contributed by atoms with van der Waals surface area (Å²) in [6, 6.07) is 5.18. The molecule has 1 heterocycles. The Kier molecular flexibility index (Phi) is 7.22. The molecule has 6 nitrogen and oxygen atoms in total. The Morgan fingerprint density at radius 2 is 2.05 bits per heavy atom. The van der Waals surface area contributed by atoms with Gasteiger partial charge in [0.2, 0.25) is 0 Å². The number of aliphatic imine (C=N–C) groups is 1. The molecule has 0 saturated heterocycles. The predicted octanol–water partition coefficient (Wildman–Crippen LogP) is 1.75. The maximum absolute atomic E-state index is 13.5. The molecule has 1 aromatic heterocycles. The zero-order valence-electron chi connectivity index (χ0n) is 12.8. The lowest BCUT2D eigenvalue weighted by Gasteiger charge is -2.12. The molecule has 0 unspecified atom stereocenters. The van der Waals surface area contributed by atoms with Crippen molar-refractivity contribution in [2.45, 2.75) is 20.0 Å². The van der Waals surface area contributed by atoms with Crippen LogP contribution in [0.15, 0.2) is 29.5 Å². The normalized spacial score (nSPS) is 11.0. The smallest absolute Gasteiger partial charge is 0.191 e. The summed E-state index contributed by atoms with van der Waals surface area (Å²) in [5.41, 5.74) is 1.50. The average Bonchev–Trinajstić information content (AvgIpc) is 2.88. The highest BCUT2D eigenvalue weighted by atomic mass is 127. The molecule has 0 fully saturated rings. The molecule has 0 saturated carbocycles. The van der Waals surface area contributed by atoms with E-state index in [4.69, 9.17) is 0 Å². The summed E-state index contributed by atoms with van der Waals surface area (Å²) in [6.45, 7) is 2.75. The van der Waals surface area contributed by atoms with Crippen molar-refractivity contribution in [2.75, 3.05) is 7.05 Å². The molecule has 0 amide bonds. The van der Waals surface area contributed by atoms with E-state index in [9.17, 15) is 4.39 Å². The van der Waals surface area contributed by atoms with Crippen LogP contribution in [0.25, 0.3) is 0 Å². The quantitative estimate of drug-likeness (QED) is 0.451. The molecule has 0 bridgehead atoms. The van der Waals surface area contributed by atoms with Crippen LogP contribution < -0.4 is 10.6 Å². The van der Waals surface area contributed by atoms with Crippen LogP contribution in [-0.4, -0.2) is 27.8 Å². The number of guanidine groups is 1. The van der Waals surface area contributed by atoms with Gasteiger partial charge in [-0.2, -0.15) is 0 Å². The van der Waals surface area contributed by atoms with Gasteiger partial charge < -0.3 is 15.2 Å². The predicted molar refractivity (Wildman–Crippen MR) is 94.6 cm³/mol. The Hall–Kier alpha value is -1.71. The van der Waals surface area contributed by atoms with Gasteiger partial charge in [-0.05, 0) is 24.1 Å². The van der Waals surface area contributed by atoms with Crippen molar-refractivity contribution in [3.63, 3.8) is 0 Å². The highest BCUT2D eigenvalue weighted by molar-refractivity contribution is 14.0. The van der Waals surface area contributed by atoms with Gasteiger partial charge in [0.25, 0.3) is 0 Å². The fourth-order valence-electron chi connectivity index (χ4n) is 1.78. The molecule has 120 valence electrons. The molecule has 0 spiro atoms. The monoisotopic (exact) mass is 418 g/mol. The minimum absolute atomic E-state index is 0. The van der Waals surface area contributed by atoms with Crippen LogP contribution in [-0.2, 0) is 20.1 Å². The van der Waals surface area contributed by atoms with Crippen molar-refractivity contribution in [3.05, 3.63) is 47.3 Å². The van der Waals surface area contributed by atoms with E-state index in [2.05, 4.69) is 25.8 Å². The molecule has 0 aliphatic heterocycles. The van der Waals surface area contributed by atoms with Crippen molar-refractivity contribution in [1.82, 2.24) is 25.4 Å². The van der Waals surface area contributed by atoms with Crippen molar-refractivity contribution in [1.29, 1.82) is 0 Å². The van der Waals surface area contributed by atoms with Crippen LogP contribution in [0.2, 0.25) is 0 Å². The maximum Gasteiger partial charge on any atom is 0.191 e. The topological polar surface area (TPSA) is 67.1 Å². The van der Waals surface area contributed by atoms with Gasteiger partial charge in [0.1, 0.15) is 12.1 Å². The molecular formula is C14H20FIN6. The van der Waals surface area contributed by atoms with Gasteiger partial charge in [0.15, 0.2) is 11.8 Å². The number of rotatable bonds is 4. The molecule has 2 aromatic rings. The van der Waals surface area contributed by atoms with Gasteiger partial charge in [-0.15, -0.1) is 34.2 Å². The molecule has 1 aromatic carbocycles. The minimum Gasteiger partial charge on any atom is -0.352 e. The third-order valence-electron chi connectivity index (χ3n) is 3.14. The molecule has 8 heteroatoms. The number of benzene rings is 1. The summed E-state index contributed by atoms with van der Waals surface area (Å²) in [5, 5.41) is 14.0. The molecule has 22 heavy (non-hydrogen) atoms. The first-order valence-electron chi connectivity index (χ1n) is 6.62. The fraction of sp³-hybridized carbons (Fsp3) is 0.357. The average molecular weight is 418 g/mol. The fourth-order valence-corrected chi connectivity index (χ4v) is 1.78. The van der Waals surface area contributed by atoms with Crippen LogP contribution in [0.5, 0.6) is 0 Å². The second-order valence-corrected chi connectivity index (χ2v) is 4.72. The third kappa shape index (κ3) is 4.93. The molecule has 2 N–H and O–H groups in total. The second-order valence-electron chi connectivity index (χ2n) is 4.72. The third-order valence-corrected chi connectivity index (χ3v) is 3.14. The zero-order chi connectivity index (χ0) is 15.2. The summed E-state index contributed by atoms with van der Waals surface area (Å²) in [6.07, 6.45) is 1.64. The van der Waals surface area contributed by atoms with Crippen molar-refractivity contribution >= 4 is 29.9 Å². The van der Waals surface area contributed by atoms with Gasteiger partial charge in [0, 0.05) is 20.6 Å². The van der Waals surface area contributed by atoms with Crippen LogP contribution in [0.3, 0.4) is 0 Å². The van der Waals surface area contributed by atoms with E-state index in [-0.39, 0.29) is 29.8 Å². The van der Waals surface area contributed by atoms with Gasteiger partial charge in [-0.1, -0.05) is 12.1 Å². The van der Waals surface area contributed by atoms with Crippen LogP contribution in [0.4, 0.5) is 4.39 Å². The van der Waals surface area contributed by atoms with Gasteiger partial charge in [0.05, 0.1) is 6.54 Å². The molecular weight excluding hydrogens is 398 g/mol. The maximum atomic E-state index is 13.5. The standard InChI is InChI=1S/C14H19FN6.HI/c1-10-4-5-11(6-12(10)15)7-17-14(16-2)18-8-13-20-19-9-21(13)3;/h4-6,9H,7-8H2,1-3H3,(H2,16,17,18);1H. The largest absolute Gasteiger partial charge is 0.352 e. The first kappa shape index (κ1) is 18.3. The SMILES string of the molecule is CN=C(NCc1ccc(C)c(F)c1)NCc1nncn1C.I. The van der Waals surface area contributed by atoms with Crippen molar-refractivity contribution in [2.24, 2.45) is 12.0 Å². The lowest BCUT2D eigenvalue weighted by Crippen LogP contribution is -2.36. The van der Waals surface area contributed by atoms with E-state index in [1.807, 2.05) is 17.7 Å². The Morgan fingerprint density at radius 1 is 1.32 bits per heavy atom. The Balaban J connectivity index is 0.00000242.